The third-order valence-electron chi connectivity index (χ3n) is 14.2. The van der Waals surface area contributed by atoms with Gasteiger partial charge in [0.15, 0.2) is 0 Å². The molecule has 14 heteroatoms. The van der Waals surface area contributed by atoms with Gasteiger partial charge in [-0.15, -0.1) is 0 Å². The zero-order chi connectivity index (χ0) is 60.7. The molecule has 0 aliphatic heterocycles. The number of hydrogen-bond acceptors (Lipinski definition) is 13. The highest BCUT2D eigenvalue weighted by molar-refractivity contribution is 6.25. The Balaban J connectivity index is 0.944. The first-order valence-corrected chi connectivity index (χ1v) is 30.4. The maximum absolute atomic E-state index is 14.5. The Labute approximate surface area is 505 Å². The Morgan fingerprint density at radius 1 is 0.279 bits per heavy atom. The van der Waals surface area contributed by atoms with Crippen molar-refractivity contribution in [3.8, 4) is 40.2 Å². The van der Waals surface area contributed by atoms with Crippen molar-refractivity contribution in [3.63, 3.8) is 0 Å². The molecule has 0 heterocycles. The molecule has 0 radical (unpaired) electrons. The van der Waals surface area contributed by atoms with E-state index in [1.54, 1.807) is 72.8 Å². The van der Waals surface area contributed by atoms with Crippen molar-refractivity contribution in [2.75, 3.05) is 24.7 Å². The average molecular weight is 1170 g/mol. The zero-order valence-corrected chi connectivity index (χ0v) is 49.8. The second kappa shape index (κ2) is 35.3. The number of hydrogen-bond donors (Lipinski definition) is 0. The Kier molecular flexibility index (Phi) is 26.5. The predicted octanol–water partition coefficient (Wildman–Crippen LogP) is 17.3. The number of unbranched alkanes of at least 4 members (excludes halogenated alkanes) is 15. The van der Waals surface area contributed by atoms with Crippen molar-refractivity contribution >= 4 is 41.4 Å². The molecule has 14 nitrogen and oxygen atoms in total. The molecule has 0 atom stereocenters. The van der Waals surface area contributed by atoms with E-state index in [4.69, 9.17) is 33.2 Å². The molecular weight excluding hydrogens is 1090 g/mol. The Hall–Kier alpha value is -9.04. The zero-order valence-electron chi connectivity index (χ0n) is 49.8. The molecule has 2 amide bonds. The van der Waals surface area contributed by atoms with Gasteiger partial charge in [0.25, 0.3) is 11.8 Å². The maximum Gasteiger partial charge on any atom is 0.343 e. The minimum Gasteiger partial charge on any atom is -0.494 e. The molecule has 0 bridgehead atoms. The lowest BCUT2D eigenvalue weighted by atomic mass is 10.1. The molecule has 0 saturated heterocycles. The van der Waals surface area contributed by atoms with Crippen molar-refractivity contribution in [1.29, 1.82) is 0 Å². The van der Waals surface area contributed by atoms with Crippen LogP contribution in [0, 0.1) is 0 Å². The third-order valence-corrected chi connectivity index (χ3v) is 14.2. The molecule has 0 spiro atoms. The van der Waals surface area contributed by atoms with E-state index in [0.29, 0.717) is 48.2 Å². The highest BCUT2D eigenvalue weighted by Gasteiger charge is 2.27. The van der Waals surface area contributed by atoms with E-state index in [-0.39, 0.29) is 50.9 Å². The molecule has 0 aromatic heterocycles. The second-order valence-electron chi connectivity index (χ2n) is 21.0. The van der Waals surface area contributed by atoms with Crippen LogP contribution in [0.25, 0.3) is 0 Å². The fourth-order valence-corrected chi connectivity index (χ4v) is 9.20. The molecule has 0 aliphatic rings. The first-order chi connectivity index (χ1) is 42.0. The smallest absolute Gasteiger partial charge is 0.343 e. The number of carbonyl (C=O) groups excluding carboxylic acids is 6. The molecule has 0 N–H and O–H groups in total. The van der Waals surface area contributed by atoms with Crippen molar-refractivity contribution < 1.29 is 61.9 Å². The van der Waals surface area contributed by atoms with Crippen LogP contribution >= 0.6 is 0 Å². The molecule has 0 aliphatic carbocycles. The highest BCUT2D eigenvalue weighted by atomic mass is 16.5. The predicted molar refractivity (Wildman–Crippen MR) is 333 cm³/mol. The minimum atomic E-state index is -0.694. The van der Waals surface area contributed by atoms with Crippen molar-refractivity contribution in [3.05, 3.63) is 203 Å². The molecular formula is C72H79NO13. The van der Waals surface area contributed by atoms with Crippen molar-refractivity contribution in [1.82, 2.24) is 0 Å². The van der Waals surface area contributed by atoms with Gasteiger partial charge in [0.2, 0.25) is 0 Å². The summed E-state index contributed by atoms with van der Waals surface area (Å²) in [5.41, 5.74) is 1.53. The van der Waals surface area contributed by atoms with Gasteiger partial charge >= 0.3 is 23.9 Å². The summed E-state index contributed by atoms with van der Waals surface area (Å²) < 4.78 is 40.2. The van der Waals surface area contributed by atoms with Crippen LogP contribution in [0.1, 0.15) is 198 Å². The summed E-state index contributed by atoms with van der Waals surface area (Å²) in [4.78, 5) is 82.5. The molecule has 0 unspecified atom stereocenters. The van der Waals surface area contributed by atoms with Crippen molar-refractivity contribution in [2.45, 2.75) is 136 Å². The van der Waals surface area contributed by atoms with Gasteiger partial charge in [-0.05, 0) is 177 Å². The summed E-state index contributed by atoms with van der Waals surface area (Å²) >= 11 is 0. The summed E-state index contributed by atoms with van der Waals surface area (Å²) in [5.74, 6) is -1.30. The molecule has 7 aromatic rings. The fraction of sp³-hybridized carbons (Fsp3) is 0.333. The van der Waals surface area contributed by atoms with E-state index in [9.17, 15) is 28.8 Å². The van der Waals surface area contributed by atoms with Crippen LogP contribution < -0.4 is 38.1 Å². The Morgan fingerprint density at radius 3 is 0.837 bits per heavy atom. The van der Waals surface area contributed by atoms with Crippen LogP contribution in [0.4, 0.5) is 5.69 Å². The first-order valence-electron chi connectivity index (χ1n) is 30.4. The van der Waals surface area contributed by atoms with E-state index in [1.165, 1.54) is 161 Å². The molecule has 0 fully saturated rings. The summed E-state index contributed by atoms with van der Waals surface area (Å²) in [6.07, 6.45) is 20.5. The lowest BCUT2D eigenvalue weighted by molar-refractivity contribution is 0.0720. The summed E-state index contributed by atoms with van der Waals surface area (Å²) in [7, 11) is 0. The quantitative estimate of drug-likeness (QED) is 0.0159. The summed E-state index contributed by atoms with van der Waals surface area (Å²) in [6.45, 7) is 8.26. The van der Waals surface area contributed by atoms with Gasteiger partial charge in [0, 0.05) is 17.2 Å². The lowest BCUT2D eigenvalue weighted by Crippen LogP contribution is -2.37. The number of nitrogens with zero attached hydrogens (tertiary/aromatic N) is 1. The second-order valence-corrected chi connectivity index (χ2v) is 21.0. The van der Waals surface area contributed by atoms with Crippen LogP contribution in [0.3, 0.4) is 0 Å². The highest BCUT2D eigenvalue weighted by Crippen LogP contribution is 2.28. The van der Waals surface area contributed by atoms with Crippen LogP contribution in [0.5, 0.6) is 40.2 Å². The number of anilines is 1. The summed E-state index contributed by atoms with van der Waals surface area (Å²) in [5, 5.41) is 0. The van der Waals surface area contributed by atoms with Crippen LogP contribution in [0.15, 0.2) is 170 Å². The number of amides is 2. The van der Waals surface area contributed by atoms with Gasteiger partial charge in [-0.2, -0.15) is 0 Å². The van der Waals surface area contributed by atoms with Crippen LogP contribution in [-0.4, -0.2) is 55.5 Å². The van der Waals surface area contributed by atoms with Gasteiger partial charge in [-0.25, -0.2) is 24.1 Å². The molecule has 7 aromatic carbocycles. The topological polar surface area (TPSA) is 170 Å². The third kappa shape index (κ3) is 20.9. The number of carbonyl (C=O) groups is 6. The summed E-state index contributed by atoms with van der Waals surface area (Å²) in [6, 6.07) is 43.7. The molecule has 0 saturated carbocycles. The van der Waals surface area contributed by atoms with E-state index >= 15 is 0 Å². The van der Waals surface area contributed by atoms with Gasteiger partial charge in [-0.1, -0.05) is 123 Å². The number of imide groups is 1. The largest absolute Gasteiger partial charge is 0.494 e. The first kappa shape index (κ1) is 64.5. The van der Waals surface area contributed by atoms with Crippen molar-refractivity contribution in [2.24, 2.45) is 0 Å². The standard InChI is InChI=1S/C72H79NO13/c1-4-7-10-13-16-19-49-80-60-37-29-55(30-38-60)69(76)85-64-45-33-57(34-46-64)71(78)83-62-41-25-53(26-42-62)67(74)73(59-23-22-24-66(52-59)82-51-21-18-15-12-9-6-3)68(75)54-27-43-63(44-28-54)84-72(79)58-35-47-65(48-36-58)86-70(77)56-31-39-61(40-32-56)81-50-20-17-14-11-8-5-2/h22-48,52H,4-21,49-51H2,1-3H3. The van der Waals surface area contributed by atoms with E-state index in [1.807, 2.05) is 0 Å². The van der Waals surface area contributed by atoms with Gasteiger partial charge in [-0.3, -0.25) is 9.59 Å². The normalized spacial score (nSPS) is 10.8. The number of ether oxygens (including phenoxy) is 7. The van der Waals surface area contributed by atoms with E-state index < -0.39 is 35.7 Å². The van der Waals surface area contributed by atoms with Gasteiger partial charge < -0.3 is 33.2 Å². The Bertz CT molecular complexity index is 3040. The average Bonchev–Trinajstić information content (AvgIpc) is 2.57. The Morgan fingerprint density at radius 2 is 0.535 bits per heavy atom. The molecule has 7 rings (SSSR count). The fourth-order valence-electron chi connectivity index (χ4n) is 9.20. The number of benzene rings is 7. The van der Waals surface area contributed by atoms with E-state index in [0.717, 1.165) is 56.3 Å². The number of esters is 4. The van der Waals surface area contributed by atoms with Gasteiger partial charge in [0.05, 0.1) is 47.8 Å². The monoisotopic (exact) mass is 1170 g/mol. The lowest BCUT2D eigenvalue weighted by Gasteiger charge is -2.22. The molecule has 86 heavy (non-hydrogen) atoms. The number of rotatable bonds is 35. The SMILES string of the molecule is CCCCCCCCOc1ccc(C(=O)Oc2ccc(C(=O)Oc3ccc(C(=O)N(C(=O)c4ccc(OC(=O)c5ccc(OC(=O)c6ccc(OCCCCCCCC)cc6)cc5)cc4)c4cccc(OCCCCCCCC)c4)cc3)cc2)cc1. The molecule has 450 valence electrons. The minimum absolute atomic E-state index is 0.113. The van der Waals surface area contributed by atoms with Gasteiger partial charge in [0.1, 0.15) is 40.2 Å². The maximum atomic E-state index is 14.5. The van der Waals surface area contributed by atoms with E-state index in [2.05, 4.69) is 20.8 Å². The van der Waals surface area contributed by atoms with Crippen LogP contribution in [-0.2, 0) is 0 Å². The van der Waals surface area contributed by atoms with Crippen LogP contribution in [0.2, 0.25) is 0 Å².